The van der Waals surface area contributed by atoms with Gasteiger partial charge >= 0.3 is 6.18 Å². The number of nitrogens with two attached hydrogens (primary N) is 2. The summed E-state index contributed by atoms with van der Waals surface area (Å²) in [4.78, 5) is 6.86. The van der Waals surface area contributed by atoms with Gasteiger partial charge in [-0.05, 0) is 0 Å². The molecule has 0 spiro atoms. The molecule has 0 aliphatic carbocycles. The van der Waals surface area contributed by atoms with Crippen LogP contribution in [0.1, 0.15) is 0 Å². The highest BCUT2D eigenvalue weighted by Gasteiger charge is 2.28. The molecule has 0 fully saturated rings. The Hall–Kier alpha value is -1.73. The van der Waals surface area contributed by atoms with E-state index in [1.807, 2.05) is 0 Å². The second-order valence-electron chi connectivity index (χ2n) is 2.39. The highest BCUT2D eigenvalue weighted by atomic mass is 19.4. The zero-order chi connectivity index (χ0) is 10.8. The van der Waals surface area contributed by atoms with Crippen molar-refractivity contribution < 1.29 is 17.9 Å². The van der Waals surface area contributed by atoms with Gasteiger partial charge in [-0.15, -0.1) is 0 Å². The fraction of sp³-hybridized carbons (Fsp3) is 0.333. The van der Waals surface area contributed by atoms with Crippen molar-refractivity contribution in [2.24, 2.45) is 0 Å². The molecule has 8 heteroatoms. The third kappa shape index (κ3) is 3.33. The predicted octanol–water partition coefficient (Wildman–Crippen LogP) is 0.582. The third-order valence-electron chi connectivity index (χ3n) is 1.12. The number of halogens is 3. The van der Waals surface area contributed by atoms with Crippen LogP contribution in [-0.2, 0) is 0 Å². The van der Waals surface area contributed by atoms with Crippen LogP contribution < -0.4 is 16.2 Å². The van der Waals surface area contributed by atoms with Gasteiger partial charge in [-0.1, -0.05) is 0 Å². The van der Waals surface area contributed by atoms with Crippen molar-refractivity contribution in [2.45, 2.75) is 6.18 Å². The molecule has 1 rings (SSSR count). The smallest absolute Gasteiger partial charge is 0.422 e. The monoisotopic (exact) mass is 208 g/mol. The van der Waals surface area contributed by atoms with E-state index in [1.54, 1.807) is 0 Å². The molecule has 4 N–H and O–H groups in total. The molecular weight excluding hydrogens is 201 g/mol. The Morgan fingerprint density at radius 2 is 1.93 bits per heavy atom. The average Bonchev–Trinajstić information content (AvgIpc) is 1.97. The second-order valence-corrected chi connectivity index (χ2v) is 2.39. The molecule has 0 aromatic carbocycles. The molecule has 0 aliphatic heterocycles. The summed E-state index contributed by atoms with van der Waals surface area (Å²) in [5.74, 6) is -0.579. The largest absolute Gasteiger partial charge is 0.468 e. The summed E-state index contributed by atoms with van der Waals surface area (Å²) in [6.45, 7) is -1.44. The fourth-order valence-electron chi connectivity index (χ4n) is 0.691. The van der Waals surface area contributed by atoms with E-state index in [9.17, 15) is 13.2 Å². The quantitative estimate of drug-likeness (QED) is 0.742. The van der Waals surface area contributed by atoms with Crippen molar-refractivity contribution in [3.63, 3.8) is 0 Å². The first kappa shape index (κ1) is 10.4. The minimum atomic E-state index is -4.42. The van der Waals surface area contributed by atoms with Crippen LogP contribution in [0.4, 0.5) is 24.9 Å². The molecule has 0 amide bonds. The van der Waals surface area contributed by atoms with Gasteiger partial charge < -0.3 is 16.2 Å². The molecule has 14 heavy (non-hydrogen) atoms. The normalized spacial score (nSPS) is 11.4. The van der Waals surface area contributed by atoms with E-state index in [4.69, 9.17) is 11.5 Å². The number of nitrogens with zero attached hydrogens (tertiary/aromatic N) is 2. The van der Waals surface area contributed by atoms with Gasteiger partial charge in [0.15, 0.2) is 6.61 Å². The number of aromatic nitrogens is 2. The number of rotatable bonds is 2. The molecule has 0 aliphatic rings. The average molecular weight is 208 g/mol. The van der Waals surface area contributed by atoms with Gasteiger partial charge in [-0.2, -0.15) is 23.1 Å². The van der Waals surface area contributed by atoms with Crippen LogP contribution in [0.3, 0.4) is 0 Å². The van der Waals surface area contributed by atoms with Crippen LogP contribution in [0, 0.1) is 0 Å². The Kier molecular flexibility index (Phi) is 2.63. The standard InChI is InChI=1S/C6H7F3N4O/c7-6(8,9)2-14-4-1-3(10)12-5(11)13-4/h1H,2H2,(H4,10,11,12,13). The molecule has 1 aromatic rings. The van der Waals surface area contributed by atoms with Gasteiger partial charge in [0.05, 0.1) is 0 Å². The summed E-state index contributed by atoms with van der Waals surface area (Å²) in [6, 6.07) is 1.06. The highest BCUT2D eigenvalue weighted by molar-refractivity contribution is 5.38. The third-order valence-corrected chi connectivity index (χ3v) is 1.12. The molecule has 0 bridgehead atoms. The molecule has 0 atom stereocenters. The van der Waals surface area contributed by atoms with Gasteiger partial charge in [-0.25, -0.2) is 0 Å². The van der Waals surface area contributed by atoms with Gasteiger partial charge in [0.25, 0.3) is 0 Å². The second kappa shape index (κ2) is 3.56. The number of hydrogen-bond donors (Lipinski definition) is 2. The lowest BCUT2D eigenvalue weighted by Crippen LogP contribution is -2.20. The number of anilines is 2. The Morgan fingerprint density at radius 1 is 1.29 bits per heavy atom. The lowest BCUT2D eigenvalue weighted by molar-refractivity contribution is -0.154. The summed E-state index contributed by atoms with van der Waals surface area (Å²) in [7, 11) is 0. The lowest BCUT2D eigenvalue weighted by Gasteiger charge is -2.08. The van der Waals surface area contributed by atoms with Gasteiger partial charge in [-0.3, -0.25) is 0 Å². The van der Waals surface area contributed by atoms with Crippen molar-refractivity contribution in [1.29, 1.82) is 0 Å². The highest BCUT2D eigenvalue weighted by Crippen LogP contribution is 2.18. The van der Waals surface area contributed by atoms with E-state index in [1.165, 1.54) is 0 Å². The van der Waals surface area contributed by atoms with Crippen molar-refractivity contribution in [2.75, 3.05) is 18.1 Å². The zero-order valence-corrected chi connectivity index (χ0v) is 6.88. The maximum absolute atomic E-state index is 11.7. The summed E-state index contributed by atoms with van der Waals surface area (Å²) >= 11 is 0. The van der Waals surface area contributed by atoms with Crippen LogP contribution in [0.5, 0.6) is 5.88 Å². The number of hydrogen-bond acceptors (Lipinski definition) is 5. The summed E-state index contributed by atoms with van der Waals surface area (Å²) in [5, 5.41) is 0. The molecule has 1 aromatic heterocycles. The Morgan fingerprint density at radius 3 is 2.43 bits per heavy atom. The van der Waals surface area contributed by atoms with Crippen molar-refractivity contribution >= 4 is 11.8 Å². The van der Waals surface area contributed by atoms with Gasteiger partial charge in [0.1, 0.15) is 5.82 Å². The van der Waals surface area contributed by atoms with Gasteiger partial charge in [0, 0.05) is 6.07 Å². The molecule has 0 saturated carbocycles. The molecule has 1 heterocycles. The Bertz CT molecular complexity index is 307. The number of alkyl halides is 3. The first-order valence-corrected chi connectivity index (χ1v) is 3.46. The SMILES string of the molecule is Nc1cc(OCC(F)(F)F)nc(N)n1. The van der Waals surface area contributed by atoms with Crippen LogP contribution in [0.25, 0.3) is 0 Å². The van der Waals surface area contributed by atoms with Crippen molar-refractivity contribution in [3.05, 3.63) is 6.07 Å². The van der Waals surface area contributed by atoms with Crippen LogP contribution >= 0.6 is 0 Å². The number of nitrogen functional groups attached to an aromatic ring is 2. The topological polar surface area (TPSA) is 87.0 Å². The fourth-order valence-corrected chi connectivity index (χ4v) is 0.691. The van der Waals surface area contributed by atoms with E-state index < -0.39 is 12.8 Å². The molecule has 0 unspecified atom stereocenters. The zero-order valence-electron chi connectivity index (χ0n) is 6.88. The van der Waals surface area contributed by atoms with E-state index in [-0.39, 0.29) is 17.6 Å². The van der Waals surface area contributed by atoms with Crippen LogP contribution in [-0.4, -0.2) is 22.8 Å². The molecule has 5 nitrogen and oxygen atoms in total. The molecular formula is C6H7F3N4O. The van der Waals surface area contributed by atoms with E-state index in [0.29, 0.717) is 0 Å². The summed E-state index contributed by atoms with van der Waals surface area (Å²) in [5.41, 5.74) is 10.3. The van der Waals surface area contributed by atoms with Crippen LogP contribution in [0.2, 0.25) is 0 Å². The molecule has 0 saturated heterocycles. The maximum atomic E-state index is 11.7. The van der Waals surface area contributed by atoms with Gasteiger partial charge in [0.2, 0.25) is 11.8 Å². The first-order valence-electron chi connectivity index (χ1n) is 3.46. The van der Waals surface area contributed by atoms with Crippen molar-refractivity contribution in [1.82, 2.24) is 9.97 Å². The molecule has 78 valence electrons. The predicted molar refractivity (Wildman–Crippen MR) is 42.4 cm³/mol. The van der Waals surface area contributed by atoms with Crippen LogP contribution in [0.15, 0.2) is 6.07 Å². The summed E-state index contributed by atoms with van der Waals surface area (Å²) < 4.78 is 39.4. The molecule has 0 radical (unpaired) electrons. The maximum Gasteiger partial charge on any atom is 0.422 e. The van der Waals surface area contributed by atoms with E-state index >= 15 is 0 Å². The number of ether oxygens (including phenoxy) is 1. The Balaban J connectivity index is 2.68. The minimum Gasteiger partial charge on any atom is -0.468 e. The minimum absolute atomic E-state index is 0.0466. The van der Waals surface area contributed by atoms with E-state index in [0.717, 1.165) is 6.07 Å². The Labute approximate surface area is 76.9 Å². The lowest BCUT2D eigenvalue weighted by atomic mass is 10.5. The summed E-state index contributed by atoms with van der Waals surface area (Å²) in [6.07, 6.45) is -4.42. The van der Waals surface area contributed by atoms with Crippen molar-refractivity contribution in [3.8, 4) is 5.88 Å². The van der Waals surface area contributed by atoms with E-state index in [2.05, 4.69) is 14.7 Å². The first-order chi connectivity index (χ1) is 6.37.